The zero-order valence-electron chi connectivity index (χ0n) is 38.4. The van der Waals surface area contributed by atoms with Crippen molar-refractivity contribution in [2.45, 2.75) is 186 Å². The lowest BCUT2D eigenvalue weighted by molar-refractivity contribution is -0.322. The van der Waals surface area contributed by atoms with Crippen LogP contribution in [0, 0.1) is 23.7 Å². The van der Waals surface area contributed by atoms with Crippen LogP contribution in [0.2, 0.25) is 0 Å². The van der Waals surface area contributed by atoms with Crippen LogP contribution < -0.4 is 0 Å². The Labute approximate surface area is 348 Å². The lowest BCUT2D eigenvalue weighted by Crippen LogP contribution is -2.62. The smallest absolute Gasteiger partial charge is 0.311 e. The van der Waals surface area contributed by atoms with Crippen LogP contribution in [-0.4, -0.2) is 177 Å². The summed E-state index contributed by atoms with van der Waals surface area (Å²) in [5, 5.41) is 34.3. The van der Waals surface area contributed by atoms with Crippen LogP contribution in [0.25, 0.3) is 0 Å². The Kier molecular flexibility index (Phi) is 18.6. The highest BCUT2D eigenvalue weighted by Crippen LogP contribution is 2.42. The van der Waals surface area contributed by atoms with E-state index in [0.717, 1.165) is 13.0 Å². The Hall–Kier alpha value is -1.34. The summed E-state index contributed by atoms with van der Waals surface area (Å²) >= 11 is 0. The molecule has 3 aliphatic heterocycles. The maximum atomic E-state index is 14.4. The molecular formula is C43H80N2O13. The average molecular weight is 833 g/mol. The van der Waals surface area contributed by atoms with E-state index < -0.39 is 102 Å². The van der Waals surface area contributed by atoms with Crippen LogP contribution >= 0.6 is 0 Å². The average Bonchev–Trinajstić information content (AvgIpc) is 3.16. The molecule has 0 amide bonds. The fourth-order valence-electron chi connectivity index (χ4n) is 9.35. The monoisotopic (exact) mass is 833 g/mol. The number of esters is 1. The minimum absolute atomic E-state index is 0.0615. The standard InChI is InChI=1S/C43H80N2O13/c1-17-31-43(10,50)36(47)26(4)33(46)24(2)22-42(9,52-16)38(58-40-35(53-20-18-19-44(11)12)30(45(13)14)21-25(3)54-40)27(5)34(28(6)39(49)56-31)57-32-23-41(8,51-15)37(48)29(7)55-32/h24-32,34-38,40,47-48,50H,17-23H2,1-16H3/t24-,25-,26+,27+,28-,29+,30+,31-,32+,34+,35-,36-,37+,38-,40+,41-,42+,43-/m1/s1. The quantitative estimate of drug-likeness (QED) is 0.182. The van der Waals surface area contributed by atoms with Crippen molar-refractivity contribution in [3.05, 3.63) is 0 Å². The summed E-state index contributed by atoms with van der Waals surface area (Å²) in [5.74, 6) is -4.31. The van der Waals surface area contributed by atoms with E-state index in [0.29, 0.717) is 13.0 Å². The van der Waals surface area contributed by atoms with Gasteiger partial charge in [-0.15, -0.1) is 0 Å². The lowest BCUT2D eigenvalue weighted by atomic mass is 9.74. The molecule has 3 aliphatic rings. The molecule has 58 heavy (non-hydrogen) atoms. The molecule has 0 saturated carbocycles. The Balaban J connectivity index is 2.25. The highest BCUT2D eigenvalue weighted by atomic mass is 16.7. The van der Waals surface area contributed by atoms with E-state index >= 15 is 0 Å². The molecule has 3 saturated heterocycles. The molecule has 0 spiro atoms. The van der Waals surface area contributed by atoms with Gasteiger partial charge < -0.3 is 63.0 Å². The first-order valence-electron chi connectivity index (χ1n) is 21.4. The molecule has 0 aliphatic carbocycles. The molecule has 0 aromatic carbocycles. The number of carbonyl (C=O) groups excluding carboxylic acids is 2. The number of ether oxygens (including phenoxy) is 8. The van der Waals surface area contributed by atoms with Crippen molar-refractivity contribution in [1.82, 2.24) is 9.80 Å². The van der Waals surface area contributed by atoms with Crippen molar-refractivity contribution in [3.63, 3.8) is 0 Å². The first-order chi connectivity index (χ1) is 26.9. The first kappa shape index (κ1) is 51.0. The van der Waals surface area contributed by atoms with Gasteiger partial charge >= 0.3 is 5.97 Å². The number of rotatable bonds is 13. The summed E-state index contributed by atoms with van der Waals surface area (Å²) < 4.78 is 51.8. The lowest BCUT2D eigenvalue weighted by Gasteiger charge is -2.50. The molecule has 3 rings (SSSR count). The Morgan fingerprint density at radius 3 is 2.00 bits per heavy atom. The van der Waals surface area contributed by atoms with Gasteiger partial charge in [-0.3, -0.25) is 9.59 Å². The summed E-state index contributed by atoms with van der Waals surface area (Å²) in [6, 6.07) is -0.0615. The molecule has 3 fully saturated rings. The minimum Gasteiger partial charge on any atom is -0.459 e. The number of aliphatic hydroxyl groups is 3. The number of hydrogen-bond donors (Lipinski definition) is 3. The van der Waals surface area contributed by atoms with Gasteiger partial charge in [0.15, 0.2) is 12.6 Å². The number of nitrogens with zero attached hydrogens (tertiary/aromatic N) is 2. The summed E-state index contributed by atoms with van der Waals surface area (Å²) in [5.41, 5.74) is -4.19. The van der Waals surface area contributed by atoms with Gasteiger partial charge in [-0.1, -0.05) is 27.7 Å². The second kappa shape index (κ2) is 21.2. The molecule has 15 heteroatoms. The number of likely N-dealkylation sites (N-methyl/N-ethyl adjacent to an activating group) is 1. The van der Waals surface area contributed by atoms with Gasteiger partial charge in [0, 0.05) is 51.0 Å². The number of methoxy groups -OCH3 is 2. The molecule has 18 atom stereocenters. The number of Topliss-reactive ketones (excluding diaryl/α,β-unsaturated/α-hetero) is 1. The van der Waals surface area contributed by atoms with Crippen LogP contribution in [0.4, 0.5) is 0 Å². The highest BCUT2D eigenvalue weighted by molar-refractivity contribution is 5.83. The van der Waals surface area contributed by atoms with E-state index in [9.17, 15) is 24.9 Å². The molecule has 0 unspecified atom stereocenters. The topological polar surface area (TPSA) is 175 Å². The van der Waals surface area contributed by atoms with E-state index in [-0.39, 0.29) is 37.2 Å². The van der Waals surface area contributed by atoms with Gasteiger partial charge in [0.1, 0.15) is 29.7 Å². The van der Waals surface area contributed by atoms with Crippen LogP contribution in [0.3, 0.4) is 0 Å². The molecule has 0 aromatic rings. The second-order valence-electron chi connectivity index (χ2n) is 18.6. The number of cyclic esters (lactones) is 1. The third-order valence-corrected chi connectivity index (χ3v) is 13.3. The summed E-state index contributed by atoms with van der Waals surface area (Å²) in [7, 11) is 11.1. The minimum atomic E-state index is -1.96. The number of ketones is 1. The molecule has 340 valence electrons. The van der Waals surface area contributed by atoms with Crippen molar-refractivity contribution in [1.29, 1.82) is 0 Å². The van der Waals surface area contributed by atoms with Crippen molar-refractivity contribution >= 4 is 11.8 Å². The fraction of sp³-hybridized carbons (Fsp3) is 0.953. The van der Waals surface area contributed by atoms with Gasteiger partial charge in [-0.05, 0) is 102 Å². The highest BCUT2D eigenvalue weighted by Gasteiger charge is 2.54. The van der Waals surface area contributed by atoms with Gasteiger partial charge in [-0.2, -0.15) is 0 Å². The molecule has 0 aromatic heterocycles. The largest absolute Gasteiger partial charge is 0.459 e. The molecule has 0 bridgehead atoms. The predicted molar refractivity (Wildman–Crippen MR) is 218 cm³/mol. The van der Waals surface area contributed by atoms with Crippen molar-refractivity contribution in [3.8, 4) is 0 Å². The van der Waals surface area contributed by atoms with E-state index in [1.165, 1.54) is 14.0 Å². The predicted octanol–water partition coefficient (Wildman–Crippen LogP) is 3.42. The Morgan fingerprint density at radius 2 is 1.45 bits per heavy atom. The van der Waals surface area contributed by atoms with Crippen LogP contribution in [0.15, 0.2) is 0 Å². The van der Waals surface area contributed by atoms with E-state index in [1.807, 2.05) is 49.0 Å². The third kappa shape index (κ3) is 11.8. The molecule has 3 heterocycles. The molecular weight excluding hydrogens is 752 g/mol. The van der Waals surface area contributed by atoms with Gasteiger partial charge in [0.25, 0.3) is 0 Å². The summed E-state index contributed by atoms with van der Waals surface area (Å²) in [6.07, 6.45) is -6.75. The Bertz CT molecular complexity index is 1300. The number of aliphatic hydroxyl groups excluding tert-OH is 2. The van der Waals surface area contributed by atoms with Crippen molar-refractivity contribution < 1.29 is 62.8 Å². The maximum absolute atomic E-state index is 14.4. The van der Waals surface area contributed by atoms with Crippen LogP contribution in [-0.2, 0) is 47.5 Å². The van der Waals surface area contributed by atoms with Crippen LogP contribution in [0.1, 0.15) is 101 Å². The zero-order chi connectivity index (χ0) is 44.1. The van der Waals surface area contributed by atoms with E-state index in [1.54, 1.807) is 48.7 Å². The molecule has 0 radical (unpaired) electrons. The summed E-state index contributed by atoms with van der Waals surface area (Å²) in [6.45, 7) is 18.8. The van der Waals surface area contributed by atoms with Gasteiger partial charge in [-0.25, -0.2) is 0 Å². The number of carbonyl (C=O) groups is 2. The van der Waals surface area contributed by atoms with E-state index in [2.05, 4.69) is 9.80 Å². The normalized spacial score (nSPS) is 45.3. The second-order valence-corrected chi connectivity index (χ2v) is 18.6. The van der Waals surface area contributed by atoms with E-state index in [4.69, 9.17) is 37.9 Å². The SMILES string of the molecule is CC[C@H]1OC(=O)[C@H](C)[C@@H](O[C@H]2C[C@@](C)(OC)[C@@H](O)[C@H](C)O2)[C@H](C)[C@@H](O[C@@H]2O[C@H](C)C[C@H](N(C)C)[C@H]2OCCCN(C)C)[C@@](C)(OC)C[C@@H](C)C(=O)[C@H](C)[C@@H](O)[C@]1(C)O. The Morgan fingerprint density at radius 1 is 0.828 bits per heavy atom. The summed E-state index contributed by atoms with van der Waals surface area (Å²) in [4.78, 5) is 32.8. The zero-order valence-corrected chi connectivity index (χ0v) is 38.4. The van der Waals surface area contributed by atoms with Crippen molar-refractivity contribution in [2.75, 3.05) is 55.6 Å². The maximum Gasteiger partial charge on any atom is 0.311 e. The van der Waals surface area contributed by atoms with Crippen LogP contribution in [0.5, 0.6) is 0 Å². The first-order valence-corrected chi connectivity index (χ1v) is 21.4. The molecule has 3 N–H and O–H groups in total. The molecule has 15 nitrogen and oxygen atoms in total. The van der Waals surface area contributed by atoms with Gasteiger partial charge in [0.05, 0.1) is 47.6 Å². The number of hydrogen-bond acceptors (Lipinski definition) is 15. The van der Waals surface area contributed by atoms with Gasteiger partial charge in [0.2, 0.25) is 0 Å². The third-order valence-electron chi connectivity index (χ3n) is 13.3. The fourth-order valence-corrected chi connectivity index (χ4v) is 9.35. The van der Waals surface area contributed by atoms with Crippen molar-refractivity contribution in [2.24, 2.45) is 23.7 Å².